The molecule has 1 amide bonds. The minimum Gasteiger partial charge on any atom is -0.325 e. The van der Waals surface area contributed by atoms with Crippen molar-refractivity contribution in [1.82, 2.24) is 25.0 Å². The van der Waals surface area contributed by atoms with Crippen LogP contribution in [0.15, 0.2) is 36.8 Å². The van der Waals surface area contributed by atoms with Crippen molar-refractivity contribution in [1.29, 1.82) is 0 Å². The molecule has 7 heteroatoms. The van der Waals surface area contributed by atoms with Gasteiger partial charge in [-0.05, 0) is 31.0 Å². The van der Waals surface area contributed by atoms with Crippen molar-refractivity contribution in [2.45, 2.75) is 26.8 Å². The second-order valence-electron chi connectivity index (χ2n) is 5.43. The number of rotatable bonds is 5. The SMILES string of the molecule is Cc1cccc(C)c1NC(=O)Cc1ncn(Cc2ccn[nH]2)n1. The number of carbonyl (C=O) groups is 1. The van der Waals surface area contributed by atoms with Gasteiger partial charge in [-0.1, -0.05) is 18.2 Å². The Hall–Kier alpha value is -2.96. The zero-order valence-electron chi connectivity index (χ0n) is 13.1. The smallest absolute Gasteiger partial charge is 0.232 e. The predicted molar refractivity (Wildman–Crippen MR) is 86.0 cm³/mol. The van der Waals surface area contributed by atoms with Gasteiger partial charge in [0.1, 0.15) is 6.33 Å². The Bertz CT molecular complexity index is 786. The van der Waals surface area contributed by atoms with Crippen molar-refractivity contribution in [3.63, 3.8) is 0 Å². The summed E-state index contributed by atoms with van der Waals surface area (Å²) in [5.41, 5.74) is 3.86. The van der Waals surface area contributed by atoms with Crippen molar-refractivity contribution < 1.29 is 4.79 Å². The molecule has 0 atom stereocenters. The Kier molecular flexibility index (Phi) is 4.18. The Labute approximate surface area is 133 Å². The van der Waals surface area contributed by atoms with Gasteiger partial charge in [-0.3, -0.25) is 9.89 Å². The van der Waals surface area contributed by atoms with Gasteiger partial charge >= 0.3 is 0 Å². The summed E-state index contributed by atoms with van der Waals surface area (Å²) < 4.78 is 1.68. The first-order valence-electron chi connectivity index (χ1n) is 7.34. The van der Waals surface area contributed by atoms with Crippen LogP contribution in [0.1, 0.15) is 22.6 Å². The van der Waals surface area contributed by atoms with Gasteiger partial charge in [0.15, 0.2) is 5.82 Å². The first kappa shape index (κ1) is 15.0. The van der Waals surface area contributed by atoms with Crippen LogP contribution in [0, 0.1) is 13.8 Å². The lowest BCUT2D eigenvalue weighted by Crippen LogP contribution is -2.17. The van der Waals surface area contributed by atoms with Crippen molar-refractivity contribution in [3.8, 4) is 0 Å². The normalized spacial score (nSPS) is 10.7. The third-order valence-electron chi connectivity index (χ3n) is 3.54. The van der Waals surface area contributed by atoms with Gasteiger partial charge < -0.3 is 5.32 Å². The molecule has 3 rings (SSSR count). The lowest BCUT2D eigenvalue weighted by Gasteiger charge is -2.10. The van der Waals surface area contributed by atoms with Crippen molar-refractivity contribution in [3.05, 3.63) is 59.4 Å². The molecule has 1 aromatic carbocycles. The second kappa shape index (κ2) is 6.43. The molecule has 118 valence electrons. The maximum absolute atomic E-state index is 12.2. The average molecular weight is 310 g/mol. The molecule has 0 aliphatic rings. The van der Waals surface area contributed by atoms with Crippen LogP contribution in [0.2, 0.25) is 0 Å². The van der Waals surface area contributed by atoms with Crippen LogP contribution in [-0.2, 0) is 17.8 Å². The van der Waals surface area contributed by atoms with Gasteiger partial charge in [0.05, 0.1) is 18.7 Å². The third-order valence-corrected chi connectivity index (χ3v) is 3.54. The lowest BCUT2D eigenvalue weighted by molar-refractivity contribution is -0.115. The van der Waals surface area contributed by atoms with E-state index in [0.717, 1.165) is 22.5 Å². The highest BCUT2D eigenvalue weighted by Crippen LogP contribution is 2.19. The molecule has 2 heterocycles. The quantitative estimate of drug-likeness (QED) is 0.752. The van der Waals surface area contributed by atoms with Crippen LogP contribution >= 0.6 is 0 Å². The molecule has 7 nitrogen and oxygen atoms in total. The Morgan fingerprint density at radius 3 is 2.74 bits per heavy atom. The van der Waals surface area contributed by atoms with Crippen LogP contribution in [0.25, 0.3) is 0 Å². The first-order chi connectivity index (χ1) is 11.1. The van der Waals surface area contributed by atoms with Gasteiger partial charge in [-0.25, -0.2) is 9.67 Å². The topological polar surface area (TPSA) is 88.5 Å². The third kappa shape index (κ3) is 3.63. The summed E-state index contributed by atoms with van der Waals surface area (Å²) in [6.07, 6.45) is 3.44. The Morgan fingerprint density at radius 2 is 2.04 bits per heavy atom. The Balaban J connectivity index is 1.63. The molecule has 0 radical (unpaired) electrons. The van der Waals surface area contributed by atoms with Gasteiger partial charge in [-0.2, -0.15) is 10.2 Å². The zero-order valence-corrected chi connectivity index (χ0v) is 13.1. The lowest BCUT2D eigenvalue weighted by atomic mass is 10.1. The maximum atomic E-state index is 12.2. The van der Waals surface area contributed by atoms with Crippen molar-refractivity contribution in [2.24, 2.45) is 0 Å². The molecule has 0 saturated carbocycles. The molecule has 23 heavy (non-hydrogen) atoms. The zero-order chi connectivity index (χ0) is 16.2. The van der Waals surface area contributed by atoms with Crippen molar-refractivity contribution in [2.75, 3.05) is 5.32 Å². The molecule has 3 aromatic rings. The minimum absolute atomic E-state index is 0.123. The predicted octanol–water partition coefficient (Wildman–Crippen LogP) is 1.85. The largest absolute Gasteiger partial charge is 0.325 e. The van der Waals surface area contributed by atoms with E-state index in [1.807, 2.05) is 38.1 Å². The average Bonchev–Trinajstić information content (AvgIpc) is 3.16. The van der Waals surface area contributed by atoms with E-state index < -0.39 is 0 Å². The molecule has 0 bridgehead atoms. The fourth-order valence-electron chi connectivity index (χ4n) is 2.38. The first-order valence-corrected chi connectivity index (χ1v) is 7.34. The van der Waals surface area contributed by atoms with E-state index in [1.54, 1.807) is 17.2 Å². The molecule has 0 aliphatic carbocycles. The summed E-state index contributed by atoms with van der Waals surface area (Å²) in [7, 11) is 0. The number of benzene rings is 1. The number of carbonyl (C=O) groups excluding carboxylic acids is 1. The number of nitrogens with zero attached hydrogens (tertiary/aromatic N) is 4. The molecule has 0 aliphatic heterocycles. The van der Waals surface area contributed by atoms with E-state index in [4.69, 9.17) is 0 Å². The summed E-state index contributed by atoms with van der Waals surface area (Å²) in [6.45, 7) is 4.49. The number of para-hydroxylation sites is 1. The van der Waals surface area contributed by atoms with E-state index in [9.17, 15) is 4.79 Å². The highest BCUT2D eigenvalue weighted by Gasteiger charge is 2.11. The molecule has 2 N–H and O–H groups in total. The number of aromatic amines is 1. The second-order valence-corrected chi connectivity index (χ2v) is 5.43. The van der Waals surface area contributed by atoms with Gasteiger partial charge in [0, 0.05) is 11.9 Å². The minimum atomic E-state index is -0.123. The summed E-state index contributed by atoms with van der Waals surface area (Å²) in [6, 6.07) is 7.79. The van der Waals surface area contributed by atoms with E-state index in [0.29, 0.717) is 12.4 Å². The van der Waals surface area contributed by atoms with Gasteiger partial charge in [-0.15, -0.1) is 0 Å². The van der Waals surface area contributed by atoms with E-state index in [2.05, 4.69) is 25.6 Å². The maximum Gasteiger partial charge on any atom is 0.232 e. The van der Waals surface area contributed by atoms with E-state index in [-0.39, 0.29) is 12.3 Å². The van der Waals surface area contributed by atoms with Crippen molar-refractivity contribution >= 4 is 11.6 Å². The highest BCUT2D eigenvalue weighted by atomic mass is 16.1. The van der Waals surface area contributed by atoms with Crippen LogP contribution in [0.3, 0.4) is 0 Å². The van der Waals surface area contributed by atoms with E-state index >= 15 is 0 Å². The van der Waals surface area contributed by atoms with Crippen LogP contribution in [-0.4, -0.2) is 30.9 Å². The number of hydrogen-bond donors (Lipinski definition) is 2. The summed E-state index contributed by atoms with van der Waals surface area (Å²) in [5, 5.41) is 14.0. The number of anilines is 1. The van der Waals surface area contributed by atoms with Crippen LogP contribution < -0.4 is 5.32 Å². The molecule has 0 spiro atoms. The fraction of sp³-hybridized carbons (Fsp3) is 0.250. The van der Waals surface area contributed by atoms with E-state index in [1.165, 1.54) is 0 Å². The number of nitrogens with one attached hydrogen (secondary N) is 2. The summed E-state index contributed by atoms with van der Waals surface area (Å²) >= 11 is 0. The number of amides is 1. The monoisotopic (exact) mass is 310 g/mol. The van der Waals surface area contributed by atoms with Gasteiger partial charge in [0.25, 0.3) is 0 Å². The molecule has 2 aromatic heterocycles. The highest BCUT2D eigenvalue weighted by molar-refractivity contribution is 5.93. The van der Waals surface area contributed by atoms with Crippen LogP contribution in [0.4, 0.5) is 5.69 Å². The molecule has 0 unspecified atom stereocenters. The van der Waals surface area contributed by atoms with Gasteiger partial charge in [0.2, 0.25) is 5.91 Å². The number of aromatic nitrogens is 5. The standard InChI is InChI=1S/C16H18N6O/c1-11-4-3-5-12(2)16(11)19-15(23)8-14-17-10-22(21-14)9-13-6-7-18-20-13/h3-7,10H,8-9H2,1-2H3,(H,18,20)(H,19,23). The van der Waals surface area contributed by atoms with Crippen LogP contribution in [0.5, 0.6) is 0 Å². The number of hydrogen-bond acceptors (Lipinski definition) is 4. The molecular formula is C16H18N6O. The summed E-state index contributed by atoms with van der Waals surface area (Å²) in [4.78, 5) is 16.4. The molecule has 0 fully saturated rings. The summed E-state index contributed by atoms with van der Waals surface area (Å²) in [5.74, 6) is 0.370. The fourth-order valence-corrected chi connectivity index (χ4v) is 2.38. The molecular weight excluding hydrogens is 292 g/mol. The Morgan fingerprint density at radius 1 is 1.26 bits per heavy atom. The number of H-pyrrole nitrogens is 1. The number of aryl methyl sites for hydroxylation is 2. The molecule has 0 saturated heterocycles.